The zero-order chi connectivity index (χ0) is 5.82. The molecule has 1 radical (unpaired) electrons. The molecule has 0 saturated heterocycles. The second-order valence-corrected chi connectivity index (χ2v) is 1.87. The molecule has 0 nitrogen and oxygen atoms in total. The molecule has 1 rings (SSSR count). The summed E-state index contributed by atoms with van der Waals surface area (Å²) in [5, 5.41) is 0. The van der Waals surface area contributed by atoms with Crippen LogP contribution in [-0.2, 0) is 17.1 Å². The summed E-state index contributed by atoms with van der Waals surface area (Å²) in [4.78, 5) is 0. The monoisotopic (exact) mass is 160 g/mol. The first-order valence-corrected chi connectivity index (χ1v) is 2.79. The van der Waals surface area contributed by atoms with Gasteiger partial charge in [-0.05, 0) is 6.42 Å². The van der Waals surface area contributed by atoms with Gasteiger partial charge in [-0.25, -0.2) is 12.2 Å². The first-order valence-electron chi connectivity index (χ1n) is 2.79. The smallest absolute Gasteiger partial charge is 0 e. The quantitative estimate of drug-likeness (QED) is 0.330. The summed E-state index contributed by atoms with van der Waals surface area (Å²) >= 11 is 0. The van der Waals surface area contributed by atoms with Crippen molar-refractivity contribution in [3.8, 4) is 0 Å². The Balaban J connectivity index is 0.000000640. The van der Waals surface area contributed by atoms with Crippen molar-refractivity contribution in [1.29, 1.82) is 0 Å². The van der Waals surface area contributed by atoms with Crippen LogP contribution in [0.4, 0.5) is 0 Å². The van der Waals surface area contributed by atoms with Crippen LogP contribution in [0.5, 0.6) is 0 Å². The van der Waals surface area contributed by atoms with E-state index >= 15 is 0 Å². The maximum Gasteiger partial charge on any atom is 0 e. The molecule has 0 aromatic heterocycles. The summed E-state index contributed by atoms with van der Waals surface area (Å²) in [5.74, 6) is 0. The van der Waals surface area contributed by atoms with Gasteiger partial charge in [-0.3, -0.25) is 6.08 Å². The predicted octanol–water partition coefficient (Wildman–Crippen LogP) is 2.25. The van der Waals surface area contributed by atoms with Crippen molar-refractivity contribution in [2.45, 2.75) is 12.8 Å². The van der Waals surface area contributed by atoms with E-state index in [9.17, 15) is 0 Å². The molecule has 1 heteroatoms. The van der Waals surface area contributed by atoms with Crippen LogP contribution in [0.3, 0.4) is 0 Å². The maximum atomic E-state index is 3.64. The summed E-state index contributed by atoms with van der Waals surface area (Å²) in [5.41, 5.74) is 1.42. The van der Waals surface area contributed by atoms with Crippen LogP contribution in [0.25, 0.3) is 0 Å². The molecule has 49 valence electrons. The van der Waals surface area contributed by atoms with Crippen LogP contribution in [0.2, 0.25) is 0 Å². The van der Waals surface area contributed by atoms with E-state index < -0.39 is 0 Å². The fourth-order valence-electron chi connectivity index (χ4n) is 0.751. The van der Waals surface area contributed by atoms with E-state index in [-0.39, 0.29) is 17.1 Å². The fraction of sp³-hybridized carbons (Fsp3) is 0.250. The number of hydrogen-bond donors (Lipinski definition) is 0. The Bertz CT molecular complexity index is 143. The molecule has 0 saturated carbocycles. The topological polar surface area (TPSA) is 0 Å². The molecule has 0 fully saturated rings. The maximum absolute atomic E-state index is 3.64. The van der Waals surface area contributed by atoms with Gasteiger partial charge in [0.05, 0.1) is 0 Å². The number of hydrogen-bond acceptors (Lipinski definition) is 0. The SMILES string of the molecule is C=CCC1=CC=[C-]C1.[Mn]. The first kappa shape index (κ1) is 8.74. The van der Waals surface area contributed by atoms with Crippen molar-refractivity contribution in [3.05, 3.63) is 36.5 Å². The molecule has 1 aliphatic carbocycles. The Hall–Kier alpha value is -0.261. The van der Waals surface area contributed by atoms with Crippen molar-refractivity contribution < 1.29 is 17.1 Å². The second-order valence-electron chi connectivity index (χ2n) is 1.87. The van der Waals surface area contributed by atoms with Crippen LogP contribution in [0.1, 0.15) is 12.8 Å². The summed E-state index contributed by atoms with van der Waals surface area (Å²) in [6.45, 7) is 3.64. The van der Waals surface area contributed by atoms with Crippen molar-refractivity contribution in [3.63, 3.8) is 0 Å². The molecule has 0 unspecified atom stereocenters. The van der Waals surface area contributed by atoms with Crippen LogP contribution in [0.15, 0.2) is 30.4 Å². The van der Waals surface area contributed by atoms with Crippen LogP contribution < -0.4 is 0 Å². The minimum absolute atomic E-state index is 0. The van der Waals surface area contributed by atoms with E-state index in [1.165, 1.54) is 5.57 Å². The van der Waals surface area contributed by atoms with Gasteiger partial charge in [0.25, 0.3) is 0 Å². The van der Waals surface area contributed by atoms with Crippen LogP contribution in [-0.4, -0.2) is 0 Å². The first-order chi connectivity index (χ1) is 3.93. The largest absolute Gasteiger partial charge is 0.273 e. The Labute approximate surface area is 66.8 Å². The summed E-state index contributed by atoms with van der Waals surface area (Å²) in [6.07, 6.45) is 11.1. The van der Waals surface area contributed by atoms with Crippen molar-refractivity contribution >= 4 is 0 Å². The van der Waals surface area contributed by atoms with Crippen molar-refractivity contribution in [2.24, 2.45) is 0 Å². The normalized spacial score (nSPS) is 14.4. The fourth-order valence-corrected chi connectivity index (χ4v) is 0.751. The molecular formula is C8H9Mn-. The van der Waals surface area contributed by atoms with E-state index in [4.69, 9.17) is 0 Å². The third-order valence-corrected chi connectivity index (χ3v) is 1.17. The van der Waals surface area contributed by atoms with Crippen molar-refractivity contribution in [1.82, 2.24) is 0 Å². The summed E-state index contributed by atoms with van der Waals surface area (Å²) in [6, 6.07) is 0. The predicted molar refractivity (Wildman–Crippen MR) is 35.3 cm³/mol. The van der Waals surface area contributed by atoms with Gasteiger partial charge >= 0.3 is 0 Å². The van der Waals surface area contributed by atoms with Gasteiger partial charge in [0.2, 0.25) is 0 Å². The summed E-state index contributed by atoms with van der Waals surface area (Å²) < 4.78 is 0. The second kappa shape index (κ2) is 4.60. The van der Waals surface area contributed by atoms with E-state index in [0.717, 1.165) is 12.8 Å². The molecule has 0 aromatic carbocycles. The third-order valence-electron chi connectivity index (χ3n) is 1.17. The third kappa shape index (κ3) is 2.69. The molecule has 1 aliphatic rings. The molecule has 0 atom stereocenters. The molecular weight excluding hydrogens is 151 g/mol. The van der Waals surface area contributed by atoms with E-state index in [1.54, 1.807) is 0 Å². The minimum Gasteiger partial charge on any atom is -0.273 e. The average molecular weight is 160 g/mol. The van der Waals surface area contributed by atoms with Gasteiger partial charge in [0, 0.05) is 17.1 Å². The number of allylic oxidation sites excluding steroid dienone is 5. The van der Waals surface area contributed by atoms with Gasteiger partial charge in [-0.1, -0.05) is 6.08 Å². The minimum atomic E-state index is 0. The van der Waals surface area contributed by atoms with Gasteiger partial charge in [-0.15, -0.1) is 13.0 Å². The molecule has 0 aliphatic heterocycles. The van der Waals surface area contributed by atoms with Gasteiger partial charge in [-0.2, -0.15) is 5.57 Å². The molecule has 0 amide bonds. The Morgan fingerprint density at radius 1 is 1.78 bits per heavy atom. The van der Waals surface area contributed by atoms with Crippen LogP contribution in [0, 0.1) is 6.08 Å². The van der Waals surface area contributed by atoms with Gasteiger partial charge < -0.3 is 0 Å². The van der Waals surface area contributed by atoms with E-state index in [2.05, 4.69) is 18.7 Å². The standard InChI is InChI=1S/C8H9.Mn/c1-2-5-8-6-3-4-7-8;/h2-3,6H,1,5,7H2;/q-1;. The van der Waals surface area contributed by atoms with Gasteiger partial charge in [0.15, 0.2) is 0 Å². The Morgan fingerprint density at radius 3 is 3.00 bits per heavy atom. The Morgan fingerprint density at radius 2 is 2.56 bits per heavy atom. The molecule has 0 spiro atoms. The van der Waals surface area contributed by atoms with E-state index in [1.807, 2.05) is 12.2 Å². The molecule has 0 bridgehead atoms. The zero-order valence-electron chi connectivity index (χ0n) is 5.23. The van der Waals surface area contributed by atoms with Crippen LogP contribution >= 0.6 is 0 Å². The zero-order valence-corrected chi connectivity index (χ0v) is 6.41. The summed E-state index contributed by atoms with van der Waals surface area (Å²) in [7, 11) is 0. The molecule has 0 N–H and O–H groups in total. The van der Waals surface area contributed by atoms with E-state index in [0.29, 0.717) is 0 Å². The van der Waals surface area contributed by atoms with Gasteiger partial charge in [0.1, 0.15) is 0 Å². The van der Waals surface area contributed by atoms with Crippen molar-refractivity contribution in [2.75, 3.05) is 0 Å². The molecule has 0 heterocycles. The molecule has 9 heavy (non-hydrogen) atoms. The average Bonchev–Trinajstić information content (AvgIpc) is 2.19. The molecule has 0 aromatic rings. The Kier molecular flexibility index (Phi) is 4.47. The number of rotatable bonds is 2.